The molecule has 2 N–H and O–H groups in total. The number of fused-ring (bicyclic) bond motifs is 3. The van der Waals surface area contributed by atoms with E-state index >= 15 is 0 Å². The maximum Gasteiger partial charge on any atom is 0.228 e. The first-order valence-electron chi connectivity index (χ1n) is 11.2. The summed E-state index contributed by atoms with van der Waals surface area (Å²) in [6, 6.07) is 25.7. The molecule has 1 aliphatic heterocycles. The zero-order valence-electron chi connectivity index (χ0n) is 19.2. The Balaban J connectivity index is 1.86. The number of nitrogens with zero attached hydrogens (tertiary/aromatic N) is 3. The third-order valence-corrected chi connectivity index (χ3v) is 8.93. The van der Waals surface area contributed by atoms with E-state index in [-0.39, 0.29) is 5.91 Å². The first-order chi connectivity index (χ1) is 16.8. The first kappa shape index (κ1) is 23.1. The van der Waals surface area contributed by atoms with Gasteiger partial charge in [-0.2, -0.15) is 10.5 Å². The normalized spacial score (nSPS) is 28.5. The zero-order chi connectivity index (χ0) is 25.0. The van der Waals surface area contributed by atoms with Crippen LogP contribution in [0, 0.1) is 28.6 Å². The predicted molar refractivity (Wildman–Crippen MR) is 131 cm³/mol. The third-order valence-electron chi connectivity index (χ3n) is 7.25. The van der Waals surface area contributed by atoms with Crippen LogP contribution in [0.15, 0.2) is 77.7 Å². The fraction of sp³-hybridized carbons (Fsp3) is 0.250. The third kappa shape index (κ3) is 3.06. The minimum Gasteiger partial charge on any atom is -0.389 e. The second-order valence-electron chi connectivity index (χ2n) is 9.21. The summed E-state index contributed by atoms with van der Waals surface area (Å²) in [6.07, 6.45) is -1.42. The van der Waals surface area contributed by atoms with Crippen LogP contribution < -0.4 is 0 Å². The van der Waals surface area contributed by atoms with Crippen molar-refractivity contribution in [3.8, 4) is 12.1 Å². The van der Waals surface area contributed by atoms with E-state index in [1.54, 1.807) is 56.6 Å². The number of aliphatic hydroxyl groups excluding tert-OH is 1. The summed E-state index contributed by atoms with van der Waals surface area (Å²) in [5, 5.41) is 43.3. The van der Waals surface area contributed by atoms with Crippen molar-refractivity contribution in [1.29, 1.82) is 10.5 Å². The van der Waals surface area contributed by atoms with Crippen LogP contribution in [0.25, 0.3) is 0 Å². The summed E-state index contributed by atoms with van der Waals surface area (Å²) in [7, 11) is 3.29. The molecule has 5 unspecified atom stereocenters. The van der Waals surface area contributed by atoms with Gasteiger partial charge < -0.3 is 15.1 Å². The largest absolute Gasteiger partial charge is 0.389 e. The standard InChI is InChI=1S/C28H23N3O3S/c1-31(2)26(33)23-24(19-6-4-3-5-7-19)28(20-11-8-17(15-29)9-12-20)27(34,25(23)32)21-13-10-18(16-30)14-22(21)35-28/h3-14,23-25,32,34H,1-2H3. The molecule has 5 rings (SSSR count). The Hall–Kier alpha value is -3.62. The van der Waals surface area contributed by atoms with Crippen molar-refractivity contribution in [2.24, 2.45) is 5.92 Å². The molecular weight excluding hydrogens is 458 g/mol. The van der Waals surface area contributed by atoms with Gasteiger partial charge in [-0.3, -0.25) is 4.79 Å². The van der Waals surface area contributed by atoms with E-state index in [1.165, 1.54) is 16.7 Å². The Labute approximate surface area is 208 Å². The van der Waals surface area contributed by atoms with Crippen molar-refractivity contribution < 1.29 is 15.0 Å². The molecule has 1 aliphatic carbocycles. The second-order valence-corrected chi connectivity index (χ2v) is 10.5. The number of nitriles is 2. The lowest BCUT2D eigenvalue weighted by molar-refractivity contribution is -0.142. The van der Waals surface area contributed by atoms with Crippen LogP contribution in [0.4, 0.5) is 0 Å². The van der Waals surface area contributed by atoms with E-state index in [0.29, 0.717) is 27.1 Å². The Kier molecular flexibility index (Phi) is 5.45. The van der Waals surface area contributed by atoms with E-state index in [9.17, 15) is 25.5 Å². The number of carbonyl (C=O) groups excluding carboxylic acids is 1. The van der Waals surface area contributed by atoms with Crippen molar-refractivity contribution in [2.45, 2.75) is 27.3 Å². The van der Waals surface area contributed by atoms with E-state index in [2.05, 4.69) is 12.1 Å². The van der Waals surface area contributed by atoms with Gasteiger partial charge in [-0.15, -0.1) is 11.8 Å². The highest BCUT2D eigenvalue weighted by molar-refractivity contribution is 8.00. The molecule has 1 heterocycles. The summed E-state index contributed by atoms with van der Waals surface area (Å²) < 4.78 is -1.19. The molecule has 5 atom stereocenters. The van der Waals surface area contributed by atoms with Gasteiger partial charge in [0.15, 0.2) is 0 Å². The van der Waals surface area contributed by atoms with Gasteiger partial charge in [0.2, 0.25) is 5.91 Å². The topological polar surface area (TPSA) is 108 Å². The van der Waals surface area contributed by atoms with Crippen molar-refractivity contribution >= 4 is 17.7 Å². The summed E-state index contributed by atoms with van der Waals surface area (Å²) in [4.78, 5) is 15.7. The van der Waals surface area contributed by atoms with Crippen molar-refractivity contribution in [1.82, 2.24) is 4.90 Å². The van der Waals surface area contributed by atoms with Gasteiger partial charge in [-0.05, 0) is 35.4 Å². The lowest BCUT2D eigenvalue weighted by Gasteiger charge is -2.41. The van der Waals surface area contributed by atoms with Gasteiger partial charge in [0.1, 0.15) is 11.7 Å². The second kappa shape index (κ2) is 8.25. The van der Waals surface area contributed by atoms with Gasteiger partial charge in [0.05, 0.1) is 33.9 Å². The highest BCUT2D eigenvalue weighted by Crippen LogP contribution is 2.74. The molecule has 1 fully saturated rings. The molecule has 35 heavy (non-hydrogen) atoms. The van der Waals surface area contributed by atoms with E-state index in [0.717, 1.165) is 5.56 Å². The Morgan fingerprint density at radius 1 is 0.971 bits per heavy atom. The van der Waals surface area contributed by atoms with E-state index < -0.39 is 28.3 Å². The lowest BCUT2D eigenvalue weighted by atomic mass is 9.72. The molecule has 2 aliphatic rings. The van der Waals surface area contributed by atoms with Crippen LogP contribution in [0.1, 0.15) is 33.7 Å². The van der Waals surface area contributed by atoms with Crippen LogP contribution in [0.2, 0.25) is 0 Å². The Morgan fingerprint density at radius 2 is 1.60 bits per heavy atom. The van der Waals surface area contributed by atoms with Crippen molar-refractivity contribution in [3.05, 3.63) is 101 Å². The smallest absolute Gasteiger partial charge is 0.228 e. The van der Waals surface area contributed by atoms with Gasteiger partial charge in [-0.1, -0.05) is 48.5 Å². The molecule has 0 aromatic heterocycles. The quantitative estimate of drug-likeness (QED) is 0.593. The molecule has 174 valence electrons. The summed E-state index contributed by atoms with van der Waals surface area (Å²) in [5.41, 5.74) is 1.09. The Bertz CT molecular complexity index is 1390. The van der Waals surface area contributed by atoms with E-state index in [1.807, 2.05) is 30.3 Å². The van der Waals surface area contributed by atoms with Gasteiger partial charge in [0, 0.05) is 30.5 Å². The summed E-state index contributed by atoms with van der Waals surface area (Å²) in [5.74, 6) is -1.81. The van der Waals surface area contributed by atoms with Crippen molar-refractivity contribution in [3.63, 3.8) is 0 Å². The number of hydrogen-bond donors (Lipinski definition) is 2. The number of amides is 1. The molecule has 0 spiro atoms. The minimum atomic E-state index is -1.83. The molecule has 1 saturated carbocycles. The molecule has 0 radical (unpaired) electrons. The fourth-order valence-corrected chi connectivity index (χ4v) is 7.66. The SMILES string of the molecule is CN(C)C(=O)C1C(O)C2(O)c3ccc(C#N)cc3SC2(c2ccc(C#N)cc2)C1c1ccccc1. The number of aliphatic hydroxyl groups is 2. The molecule has 0 bridgehead atoms. The molecule has 6 nitrogen and oxygen atoms in total. The van der Waals surface area contributed by atoms with Gasteiger partial charge >= 0.3 is 0 Å². The minimum absolute atomic E-state index is 0.280. The predicted octanol–water partition coefficient (Wildman–Crippen LogP) is 3.48. The van der Waals surface area contributed by atoms with Crippen molar-refractivity contribution in [2.75, 3.05) is 14.1 Å². The van der Waals surface area contributed by atoms with Crippen LogP contribution in [-0.4, -0.2) is 41.2 Å². The Morgan fingerprint density at radius 3 is 2.20 bits per heavy atom. The van der Waals surface area contributed by atoms with E-state index in [4.69, 9.17) is 0 Å². The monoisotopic (exact) mass is 481 g/mol. The number of benzene rings is 3. The maximum atomic E-state index is 13.6. The number of rotatable bonds is 3. The molecular formula is C28H23N3O3S. The summed E-state index contributed by atoms with van der Waals surface area (Å²) in [6.45, 7) is 0. The molecule has 7 heteroatoms. The van der Waals surface area contributed by atoms with Crippen LogP contribution >= 0.6 is 11.8 Å². The number of hydrogen-bond acceptors (Lipinski definition) is 6. The first-order valence-corrected chi connectivity index (χ1v) is 12.0. The van der Waals surface area contributed by atoms with Crippen LogP contribution in [0.3, 0.4) is 0 Å². The molecule has 0 saturated heterocycles. The number of thioether (sulfide) groups is 1. The summed E-state index contributed by atoms with van der Waals surface area (Å²) >= 11 is 1.37. The highest BCUT2D eigenvalue weighted by atomic mass is 32.2. The molecule has 1 amide bonds. The lowest BCUT2D eigenvalue weighted by Crippen LogP contribution is -2.48. The molecule has 3 aromatic carbocycles. The zero-order valence-corrected chi connectivity index (χ0v) is 20.0. The fourth-order valence-electron chi connectivity index (χ4n) is 5.75. The number of carbonyl (C=O) groups is 1. The van der Waals surface area contributed by atoms with Crippen LogP contribution in [-0.2, 0) is 15.1 Å². The maximum absolute atomic E-state index is 13.6. The van der Waals surface area contributed by atoms with Crippen LogP contribution in [0.5, 0.6) is 0 Å². The highest BCUT2D eigenvalue weighted by Gasteiger charge is 2.75. The molecule has 3 aromatic rings. The van der Waals surface area contributed by atoms with Gasteiger partial charge in [-0.25, -0.2) is 0 Å². The average molecular weight is 482 g/mol. The average Bonchev–Trinajstić information content (AvgIpc) is 3.26. The van der Waals surface area contributed by atoms with Gasteiger partial charge in [0.25, 0.3) is 0 Å².